The Bertz CT molecular complexity index is 1350. The maximum absolute atomic E-state index is 13.6. The Morgan fingerprint density at radius 1 is 1.17 bits per heavy atom. The highest BCUT2D eigenvalue weighted by Gasteiger charge is 2.27. The summed E-state index contributed by atoms with van der Waals surface area (Å²) >= 11 is 6.34. The maximum atomic E-state index is 13.6. The van der Waals surface area contributed by atoms with Crippen molar-refractivity contribution in [3.05, 3.63) is 92.6 Å². The zero-order valence-electron chi connectivity index (χ0n) is 19.7. The largest absolute Gasteiger partial charge is 0.409 e. The first-order chi connectivity index (χ1) is 17.2. The number of benzene rings is 2. The van der Waals surface area contributed by atoms with Crippen molar-refractivity contribution >= 4 is 34.7 Å². The summed E-state index contributed by atoms with van der Waals surface area (Å²) in [5.41, 5.74) is 8.32. The number of amidine groups is 1. The van der Waals surface area contributed by atoms with Crippen LogP contribution in [0, 0.1) is 12.7 Å². The number of carbonyl (C=O) groups excluding carboxylic acids is 1. The summed E-state index contributed by atoms with van der Waals surface area (Å²) in [5, 5.41) is 15.4. The topological polar surface area (TPSA) is 113 Å². The minimum absolute atomic E-state index is 0.168. The average molecular weight is 512 g/mol. The first-order valence-corrected chi connectivity index (χ1v) is 11.9. The van der Waals surface area contributed by atoms with Crippen LogP contribution < -0.4 is 16.6 Å². The molecule has 1 saturated heterocycles. The van der Waals surface area contributed by atoms with E-state index in [4.69, 9.17) is 22.5 Å². The summed E-state index contributed by atoms with van der Waals surface area (Å²) in [5.74, 6) is -0.472. The van der Waals surface area contributed by atoms with Gasteiger partial charge in [0.1, 0.15) is 5.82 Å². The summed E-state index contributed by atoms with van der Waals surface area (Å²) in [6.07, 6.45) is 2.88. The highest BCUT2D eigenvalue weighted by molar-refractivity contribution is 6.33. The molecule has 0 unspecified atom stereocenters. The van der Waals surface area contributed by atoms with Crippen molar-refractivity contribution in [1.82, 2.24) is 9.47 Å². The molecule has 188 valence electrons. The number of halogens is 2. The van der Waals surface area contributed by atoms with Crippen LogP contribution in [0.4, 0.5) is 15.8 Å². The lowest BCUT2D eigenvalue weighted by Gasteiger charge is -2.33. The highest BCUT2D eigenvalue weighted by Crippen LogP contribution is 2.31. The molecule has 1 aliphatic heterocycles. The number of amides is 1. The lowest BCUT2D eigenvalue weighted by Crippen LogP contribution is -2.39. The van der Waals surface area contributed by atoms with Gasteiger partial charge in [0.25, 0.3) is 11.5 Å². The number of carbonyl (C=O) groups is 1. The van der Waals surface area contributed by atoms with Gasteiger partial charge in [-0.1, -0.05) is 35.0 Å². The molecule has 0 spiro atoms. The van der Waals surface area contributed by atoms with Gasteiger partial charge in [-0.05, 0) is 61.1 Å². The van der Waals surface area contributed by atoms with Crippen LogP contribution in [0.1, 0.15) is 40.2 Å². The molecular weight excluding hydrogens is 485 g/mol. The van der Waals surface area contributed by atoms with Crippen LogP contribution in [0.25, 0.3) is 0 Å². The highest BCUT2D eigenvalue weighted by atomic mass is 35.5. The molecule has 4 N–H and O–H groups in total. The molecule has 1 aliphatic rings. The van der Waals surface area contributed by atoms with Gasteiger partial charge in [0.2, 0.25) is 0 Å². The molecule has 3 aromatic rings. The van der Waals surface area contributed by atoms with Gasteiger partial charge >= 0.3 is 0 Å². The van der Waals surface area contributed by atoms with Crippen molar-refractivity contribution in [2.45, 2.75) is 32.2 Å². The van der Waals surface area contributed by atoms with Crippen molar-refractivity contribution in [2.75, 3.05) is 18.4 Å². The van der Waals surface area contributed by atoms with Crippen LogP contribution in [0.5, 0.6) is 0 Å². The second kappa shape index (κ2) is 10.8. The standard InChI is InChI=1S/C26H27ClFN5O3/c1-16-2-7-21(27)23(12-16)30-22-13-25(34)33(15-24(29)31-36)14-20(22)26(35)32-10-8-18(9-11-32)17-3-5-19(28)6-4-17/h2-7,12-14,18,30,36H,8-11,15H2,1H3,(H2,29,31). The summed E-state index contributed by atoms with van der Waals surface area (Å²) in [7, 11) is 0. The van der Waals surface area contributed by atoms with E-state index in [1.54, 1.807) is 23.1 Å². The van der Waals surface area contributed by atoms with E-state index in [2.05, 4.69) is 10.5 Å². The number of oxime groups is 1. The number of anilines is 2. The second-order valence-corrected chi connectivity index (χ2v) is 9.29. The van der Waals surface area contributed by atoms with Crippen molar-refractivity contribution in [2.24, 2.45) is 10.9 Å². The molecular formula is C26H27ClFN5O3. The van der Waals surface area contributed by atoms with Gasteiger partial charge in [-0.25, -0.2) is 4.39 Å². The van der Waals surface area contributed by atoms with E-state index in [1.165, 1.54) is 29.0 Å². The van der Waals surface area contributed by atoms with E-state index in [-0.39, 0.29) is 35.6 Å². The molecule has 0 saturated carbocycles. The Hall–Kier alpha value is -3.85. The van der Waals surface area contributed by atoms with Crippen LogP contribution in [0.15, 0.2) is 64.7 Å². The normalized spacial score (nSPS) is 14.6. The average Bonchev–Trinajstić information content (AvgIpc) is 2.88. The molecule has 1 amide bonds. The number of nitrogens with two attached hydrogens (primary N) is 1. The van der Waals surface area contributed by atoms with Gasteiger partial charge in [0.15, 0.2) is 5.84 Å². The quantitative estimate of drug-likeness (QED) is 0.196. The molecule has 1 aromatic heterocycles. The Kier molecular flexibility index (Phi) is 7.59. The number of aryl methyl sites for hydroxylation is 1. The van der Waals surface area contributed by atoms with E-state index >= 15 is 0 Å². The minimum Gasteiger partial charge on any atom is -0.409 e. The number of nitrogens with zero attached hydrogens (tertiary/aromatic N) is 3. The number of piperidine rings is 1. The molecule has 0 atom stereocenters. The first kappa shape index (κ1) is 25.2. The summed E-state index contributed by atoms with van der Waals surface area (Å²) in [6, 6.07) is 13.2. The van der Waals surface area contributed by atoms with Crippen LogP contribution >= 0.6 is 11.6 Å². The Balaban J connectivity index is 1.62. The number of aromatic nitrogens is 1. The molecule has 8 nitrogen and oxygen atoms in total. The predicted octanol–water partition coefficient (Wildman–Crippen LogP) is 4.46. The number of nitrogens with one attached hydrogen (secondary N) is 1. The van der Waals surface area contributed by atoms with Crippen LogP contribution in [0.2, 0.25) is 5.02 Å². The smallest absolute Gasteiger partial charge is 0.257 e. The van der Waals surface area contributed by atoms with Gasteiger partial charge in [-0.2, -0.15) is 0 Å². The van der Waals surface area contributed by atoms with Crippen molar-refractivity contribution in [3.63, 3.8) is 0 Å². The second-order valence-electron chi connectivity index (χ2n) is 8.88. The van der Waals surface area contributed by atoms with E-state index in [0.717, 1.165) is 24.0 Å². The summed E-state index contributed by atoms with van der Waals surface area (Å²) < 4.78 is 14.5. The lowest BCUT2D eigenvalue weighted by atomic mass is 9.89. The predicted molar refractivity (Wildman–Crippen MR) is 138 cm³/mol. The van der Waals surface area contributed by atoms with E-state index in [9.17, 15) is 14.0 Å². The Morgan fingerprint density at radius 3 is 2.53 bits per heavy atom. The van der Waals surface area contributed by atoms with E-state index < -0.39 is 5.56 Å². The van der Waals surface area contributed by atoms with Crippen molar-refractivity contribution in [1.29, 1.82) is 0 Å². The molecule has 2 heterocycles. The van der Waals surface area contributed by atoms with E-state index in [1.807, 2.05) is 19.1 Å². The van der Waals surface area contributed by atoms with Crippen LogP contribution in [0.3, 0.4) is 0 Å². The fourth-order valence-electron chi connectivity index (χ4n) is 4.38. The van der Waals surface area contributed by atoms with Gasteiger partial charge < -0.3 is 25.7 Å². The molecule has 2 aromatic carbocycles. The van der Waals surface area contributed by atoms with Gasteiger partial charge in [-0.3, -0.25) is 9.59 Å². The van der Waals surface area contributed by atoms with Crippen LogP contribution in [-0.2, 0) is 6.54 Å². The monoisotopic (exact) mass is 511 g/mol. The van der Waals surface area contributed by atoms with Crippen LogP contribution in [-0.4, -0.2) is 39.5 Å². The lowest BCUT2D eigenvalue weighted by molar-refractivity contribution is 0.0713. The number of hydrogen-bond donors (Lipinski definition) is 3. The summed E-state index contributed by atoms with van der Waals surface area (Å²) in [4.78, 5) is 28.1. The Morgan fingerprint density at radius 2 is 1.86 bits per heavy atom. The fraction of sp³-hybridized carbons (Fsp3) is 0.269. The van der Waals surface area contributed by atoms with E-state index in [0.29, 0.717) is 29.5 Å². The number of pyridine rings is 1. The molecule has 4 rings (SSSR count). The third kappa shape index (κ3) is 5.68. The zero-order valence-corrected chi connectivity index (χ0v) is 20.5. The summed E-state index contributed by atoms with van der Waals surface area (Å²) in [6.45, 7) is 2.75. The fourth-order valence-corrected chi connectivity index (χ4v) is 4.54. The molecule has 0 bridgehead atoms. The minimum atomic E-state index is -0.431. The number of hydrogen-bond acceptors (Lipinski definition) is 5. The number of likely N-dealkylation sites (tertiary alicyclic amines) is 1. The molecule has 0 radical (unpaired) electrons. The zero-order chi connectivity index (χ0) is 25.8. The van der Waals surface area contributed by atoms with Gasteiger partial charge in [-0.15, -0.1) is 0 Å². The molecule has 0 aliphatic carbocycles. The SMILES string of the molecule is Cc1ccc(Cl)c(Nc2cc(=O)n(C/C(N)=N/O)cc2C(=O)N2CCC(c3ccc(F)cc3)CC2)c1. The number of rotatable bonds is 6. The Labute approximate surface area is 212 Å². The first-order valence-electron chi connectivity index (χ1n) is 11.5. The van der Waals surface area contributed by atoms with Crippen molar-refractivity contribution < 1.29 is 14.4 Å². The third-order valence-electron chi connectivity index (χ3n) is 6.33. The van der Waals surface area contributed by atoms with Gasteiger partial charge in [0, 0.05) is 25.4 Å². The maximum Gasteiger partial charge on any atom is 0.257 e. The molecule has 10 heteroatoms. The molecule has 1 fully saturated rings. The van der Waals surface area contributed by atoms with Gasteiger partial charge in [0.05, 0.1) is 28.5 Å². The van der Waals surface area contributed by atoms with Crippen molar-refractivity contribution in [3.8, 4) is 0 Å². The third-order valence-corrected chi connectivity index (χ3v) is 6.66. The molecule has 36 heavy (non-hydrogen) atoms.